The Morgan fingerprint density at radius 3 is 3.00 bits per heavy atom. The predicted octanol–water partition coefficient (Wildman–Crippen LogP) is 3.39. The molecule has 0 N–H and O–H groups in total. The lowest BCUT2D eigenvalue weighted by Crippen LogP contribution is -2.16. The van der Waals surface area contributed by atoms with Crippen LogP contribution < -0.4 is 0 Å². The molecular weight excluding hydrogens is 202 g/mol. The first kappa shape index (κ1) is 9.47. The fourth-order valence-electron chi connectivity index (χ4n) is 2.09. The molecule has 0 aromatic carbocycles. The van der Waals surface area contributed by atoms with E-state index in [1.807, 2.05) is 0 Å². The van der Waals surface area contributed by atoms with Crippen LogP contribution in [0.3, 0.4) is 0 Å². The van der Waals surface area contributed by atoms with Gasteiger partial charge in [0, 0.05) is 12.5 Å². The molecule has 0 fully saturated rings. The molecule has 0 bridgehead atoms. The van der Waals surface area contributed by atoms with Crippen LogP contribution in [0.2, 0.25) is 0 Å². The van der Waals surface area contributed by atoms with Crippen LogP contribution in [0, 0.1) is 5.92 Å². The number of hydrogen-bond acceptors (Lipinski definition) is 2. The minimum atomic E-state index is 0.786. The highest BCUT2D eigenvalue weighted by Gasteiger charge is 2.26. The largest absolute Gasteiger partial charge is 0.318 e. The van der Waals surface area contributed by atoms with E-state index in [1.165, 1.54) is 18.4 Å². The number of halogens is 1. The second-order valence-electron chi connectivity index (χ2n) is 3.83. The van der Waals surface area contributed by atoms with Crippen molar-refractivity contribution in [2.45, 2.75) is 19.8 Å². The normalized spacial score (nSPS) is 27.8. The van der Waals surface area contributed by atoms with Gasteiger partial charge < -0.3 is 4.31 Å². The minimum Gasteiger partial charge on any atom is -0.318 e. The van der Waals surface area contributed by atoms with Crippen molar-refractivity contribution in [2.24, 2.45) is 5.92 Å². The zero-order valence-electron chi connectivity index (χ0n) is 8.01. The molecule has 1 atom stereocenters. The van der Waals surface area contributed by atoms with E-state index in [0.29, 0.717) is 0 Å². The zero-order chi connectivity index (χ0) is 9.42. The summed E-state index contributed by atoms with van der Waals surface area (Å²) in [5, 5.41) is 0.958. The maximum Gasteiger partial charge on any atom is 0.0606 e. The molecule has 72 valence electrons. The molecule has 2 rings (SSSR count). The Hall–Kier alpha value is -0.0800. The first-order valence-electron chi connectivity index (χ1n) is 4.60. The summed E-state index contributed by atoms with van der Waals surface area (Å²) in [7, 11) is 0. The average molecular weight is 216 g/mol. The molecule has 0 amide bonds. The van der Waals surface area contributed by atoms with E-state index in [2.05, 4.69) is 23.7 Å². The van der Waals surface area contributed by atoms with Crippen molar-refractivity contribution >= 4 is 23.5 Å². The van der Waals surface area contributed by atoms with Gasteiger partial charge in [-0.25, -0.2) is 0 Å². The Labute approximate surface area is 89.0 Å². The average Bonchev–Trinajstić information content (AvgIpc) is 2.46. The van der Waals surface area contributed by atoms with Crippen LogP contribution in [-0.2, 0) is 0 Å². The van der Waals surface area contributed by atoms with Gasteiger partial charge in [0.15, 0.2) is 0 Å². The second-order valence-corrected chi connectivity index (χ2v) is 5.07. The zero-order valence-corrected chi connectivity index (χ0v) is 9.58. The highest BCUT2D eigenvalue weighted by Crippen LogP contribution is 2.40. The lowest BCUT2D eigenvalue weighted by molar-refractivity contribution is 0.599. The van der Waals surface area contributed by atoms with Crippen LogP contribution >= 0.6 is 23.5 Å². The maximum atomic E-state index is 6.20. The van der Waals surface area contributed by atoms with Gasteiger partial charge >= 0.3 is 0 Å². The molecule has 13 heavy (non-hydrogen) atoms. The van der Waals surface area contributed by atoms with Crippen LogP contribution in [0.15, 0.2) is 22.4 Å². The molecule has 3 heteroatoms. The van der Waals surface area contributed by atoms with E-state index in [4.69, 9.17) is 11.6 Å². The summed E-state index contributed by atoms with van der Waals surface area (Å²) >= 11 is 7.94. The number of nitrogens with zero attached hydrogens (tertiary/aromatic N) is 1. The Bertz CT molecular complexity index is 283. The highest BCUT2D eigenvalue weighted by molar-refractivity contribution is 7.96. The fourth-order valence-corrected chi connectivity index (χ4v) is 2.97. The standard InChI is InChI=1S/C10H14ClNS/c1-7-3-8-5-12(13-2)6-10(11)9(8)4-7/h6-7H,3-5H2,1-2H3. The molecule has 2 aliphatic rings. The molecule has 0 spiro atoms. The highest BCUT2D eigenvalue weighted by atomic mass is 35.5. The van der Waals surface area contributed by atoms with E-state index < -0.39 is 0 Å². The molecule has 1 heterocycles. The van der Waals surface area contributed by atoms with Crippen LogP contribution in [0.1, 0.15) is 19.8 Å². The van der Waals surface area contributed by atoms with Gasteiger partial charge in [-0.1, -0.05) is 30.5 Å². The first-order chi connectivity index (χ1) is 6.20. The van der Waals surface area contributed by atoms with Gasteiger partial charge in [-0.05, 0) is 29.9 Å². The molecular formula is C10H14ClNS. The topological polar surface area (TPSA) is 3.24 Å². The number of hydrogen-bond donors (Lipinski definition) is 0. The molecule has 1 nitrogen and oxygen atoms in total. The van der Waals surface area contributed by atoms with E-state index in [-0.39, 0.29) is 0 Å². The van der Waals surface area contributed by atoms with Crippen molar-refractivity contribution in [1.29, 1.82) is 0 Å². The van der Waals surface area contributed by atoms with Gasteiger partial charge in [0.2, 0.25) is 0 Å². The lowest BCUT2D eigenvalue weighted by atomic mass is 10.1. The van der Waals surface area contributed by atoms with Crippen molar-refractivity contribution in [3.8, 4) is 0 Å². The maximum absolute atomic E-state index is 6.20. The monoisotopic (exact) mass is 215 g/mol. The van der Waals surface area contributed by atoms with E-state index in [9.17, 15) is 0 Å². The Morgan fingerprint density at radius 1 is 1.54 bits per heavy atom. The van der Waals surface area contributed by atoms with E-state index >= 15 is 0 Å². The predicted molar refractivity (Wildman–Crippen MR) is 59.6 cm³/mol. The molecule has 0 saturated heterocycles. The third-order valence-electron chi connectivity index (χ3n) is 2.70. The van der Waals surface area contributed by atoms with Crippen molar-refractivity contribution < 1.29 is 0 Å². The second kappa shape index (κ2) is 3.58. The van der Waals surface area contributed by atoms with E-state index in [1.54, 1.807) is 17.5 Å². The summed E-state index contributed by atoms with van der Waals surface area (Å²) in [6, 6.07) is 0. The van der Waals surface area contributed by atoms with Crippen LogP contribution in [0.4, 0.5) is 0 Å². The summed E-state index contributed by atoms with van der Waals surface area (Å²) in [4.78, 5) is 0. The van der Waals surface area contributed by atoms with E-state index in [0.717, 1.165) is 17.5 Å². The van der Waals surface area contributed by atoms with Gasteiger partial charge in [-0.15, -0.1) is 0 Å². The minimum absolute atomic E-state index is 0.786. The van der Waals surface area contributed by atoms with Crippen molar-refractivity contribution in [1.82, 2.24) is 4.31 Å². The third-order valence-corrected chi connectivity index (χ3v) is 3.73. The Kier molecular flexibility index (Phi) is 2.61. The summed E-state index contributed by atoms with van der Waals surface area (Å²) in [5.74, 6) is 0.786. The van der Waals surface area contributed by atoms with Crippen molar-refractivity contribution in [2.75, 3.05) is 12.8 Å². The van der Waals surface area contributed by atoms with Crippen molar-refractivity contribution in [3.63, 3.8) is 0 Å². The van der Waals surface area contributed by atoms with Crippen molar-refractivity contribution in [3.05, 3.63) is 22.4 Å². The summed E-state index contributed by atoms with van der Waals surface area (Å²) in [6.45, 7) is 3.36. The molecule has 1 aliphatic heterocycles. The lowest BCUT2D eigenvalue weighted by Gasteiger charge is -2.23. The molecule has 1 unspecified atom stereocenters. The van der Waals surface area contributed by atoms with Crippen LogP contribution in [0.25, 0.3) is 0 Å². The third kappa shape index (κ3) is 1.75. The molecule has 0 aromatic rings. The first-order valence-corrected chi connectivity index (χ1v) is 6.16. The smallest absolute Gasteiger partial charge is 0.0606 e. The van der Waals surface area contributed by atoms with Crippen LogP contribution in [-0.4, -0.2) is 17.1 Å². The van der Waals surface area contributed by atoms with Gasteiger partial charge in [-0.3, -0.25) is 0 Å². The summed E-state index contributed by atoms with van der Waals surface area (Å²) in [6.07, 6.45) is 6.55. The quantitative estimate of drug-likeness (QED) is 0.617. The fraction of sp³-hybridized carbons (Fsp3) is 0.600. The molecule has 0 aromatic heterocycles. The number of allylic oxidation sites excluding steroid dienone is 2. The SMILES string of the molecule is CSN1C=C(Cl)C2=C(CC(C)C2)C1. The molecule has 0 saturated carbocycles. The van der Waals surface area contributed by atoms with Gasteiger partial charge in [-0.2, -0.15) is 0 Å². The Balaban J connectivity index is 2.21. The van der Waals surface area contributed by atoms with Gasteiger partial charge in [0.1, 0.15) is 0 Å². The molecule has 0 radical (unpaired) electrons. The van der Waals surface area contributed by atoms with Gasteiger partial charge in [0.25, 0.3) is 0 Å². The number of rotatable bonds is 1. The molecule has 1 aliphatic carbocycles. The summed E-state index contributed by atoms with van der Waals surface area (Å²) in [5.41, 5.74) is 2.97. The summed E-state index contributed by atoms with van der Waals surface area (Å²) < 4.78 is 2.21. The van der Waals surface area contributed by atoms with Gasteiger partial charge in [0.05, 0.1) is 11.6 Å². The van der Waals surface area contributed by atoms with Crippen LogP contribution in [0.5, 0.6) is 0 Å². The Morgan fingerprint density at radius 2 is 2.31 bits per heavy atom.